The van der Waals surface area contributed by atoms with Gasteiger partial charge in [-0.3, -0.25) is 14.4 Å². The number of alkyl halides is 3. The fourth-order valence-electron chi connectivity index (χ4n) is 8.47. The van der Waals surface area contributed by atoms with Gasteiger partial charge < -0.3 is 9.42 Å². The zero-order chi connectivity index (χ0) is 45.6. The first kappa shape index (κ1) is 44.4. The molecule has 0 bridgehead atoms. The summed E-state index contributed by atoms with van der Waals surface area (Å²) in [6.45, 7) is -0.323. The number of carbonyl (C=O) groups excluding carboxylic acids is 3. The fraction of sp³-hybridized carbons (Fsp3) is 0.286. The highest BCUT2D eigenvalue weighted by Gasteiger charge is 2.61. The monoisotopic (exact) mass is 885 g/mol. The molecule has 1 aliphatic carbocycles. The van der Waals surface area contributed by atoms with Gasteiger partial charge in [0.1, 0.15) is 17.4 Å². The van der Waals surface area contributed by atoms with Crippen LogP contribution < -0.4 is 10.4 Å². The first-order valence-corrected chi connectivity index (χ1v) is 21.3. The number of nitriles is 1. The van der Waals surface area contributed by atoms with E-state index in [0.29, 0.717) is 41.7 Å². The number of amides is 4. The van der Waals surface area contributed by atoms with Gasteiger partial charge in [0.05, 0.1) is 24.0 Å². The molecule has 2 aromatic heterocycles. The SMILES string of the molecule is N#Cc1ncc(N2C(=O)N(Cc3ccc(-c4noc(CCCCCCCC(=O)NOC(c5ccccc5)(c5ccccc5)c5ccccc5)n4)cc3F)C3(CCC3)C2=O)cc1C(F)(F)F. The number of hydroxylamine groups is 1. The molecule has 8 rings (SSSR count). The summed E-state index contributed by atoms with van der Waals surface area (Å²) in [5.41, 5.74) is 0.661. The van der Waals surface area contributed by atoms with E-state index >= 15 is 4.39 Å². The number of pyridine rings is 1. The Labute approximate surface area is 371 Å². The van der Waals surface area contributed by atoms with Crippen molar-refractivity contribution in [3.8, 4) is 17.5 Å². The average Bonchev–Trinajstić information content (AvgIpc) is 3.87. The maximum absolute atomic E-state index is 15.7. The second kappa shape index (κ2) is 18.8. The first-order chi connectivity index (χ1) is 31.4. The third-order valence-electron chi connectivity index (χ3n) is 12.0. The molecule has 4 amide bonds. The lowest BCUT2D eigenvalue weighted by Gasteiger charge is -2.42. The van der Waals surface area contributed by atoms with Crippen molar-refractivity contribution in [1.82, 2.24) is 25.5 Å². The highest BCUT2D eigenvalue weighted by atomic mass is 19.4. The second-order valence-electron chi connectivity index (χ2n) is 16.1. The van der Waals surface area contributed by atoms with Crippen molar-refractivity contribution in [2.75, 3.05) is 4.90 Å². The maximum Gasteiger partial charge on any atom is 0.419 e. The molecule has 4 aromatic carbocycles. The Morgan fingerprint density at radius 1 is 0.846 bits per heavy atom. The summed E-state index contributed by atoms with van der Waals surface area (Å²) < 4.78 is 62.2. The molecule has 12 nitrogen and oxygen atoms in total. The van der Waals surface area contributed by atoms with Gasteiger partial charge in [0.2, 0.25) is 17.6 Å². The number of benzene rings is 4. The van der Waals surface area contributed by atoms with Gasteiger partial charge in [-0.1, -0.05) is 128 Å². The van der Waals surface area contributed by atoms with Crippen molar-refractivity contribution in [2.45, 2.75) is 88.1 Å². The number of aryl methyl sites for hydroxylation is 1. The zero-order valence-electron chi connectivity index (χ0n) is 35.1. The van der Waals surface area contributed by atoms with E-state index in [9.17, 15) is 27.6 Å². The predicted molar refractivity (Wildman–Crippen MR) is 228 cm³/mol. The van der Waals surface area contributed by atoms with Crippen molar-refractivity contribution in [2.24, 2.45) is 0 Å². The van der Waals surface area contributed by atoms with Crippen molar-refractivity contribution in [3.05, 3.63) is 167 Å². The summed E-state index contributed by atoms with van der Waals surface area (Å²) in [5, 5.41) is 13.2. The number of rotatable bonds is 17. The molecule has 0 radical (unpaired) electrons. The number of unbranched alkanes of at least 4 members (excludes halogenated alkanes) is 4. The van der Waals surface area contributed by atoms with Crippen LogP contribution in [-0.2, 0) is 39.2 Å². The van der Waals surface area contributed by atoms with Gasteiger partial charge in [-0.2, -0.15) is 23.4 Å². The van der Waals surface area contributed by atoms with E-state index in [0.717, 1.165) is 48.6 Å². The molecular formula is C49H43F4N7O5. The second-order valence-corrected chi connectivity index (χ2v) is 16.1. The number of aromatic nitrogens is 3. The Kier molecular flexibility index (Phi) is 12.9. The number of urea groups is 1. The molecule has 3 heterocycles. The van der Waals surface area contributed by atoms with Crippen LogP contribution in [0.15, 0.2) is 126 Å². The number of imide groups is 1. The minimum atomic E-state index is -4.95. The standard InChI is InChI=1S/C49H43F4N7O5/c50-40-28-33(24-25-34(40)32-59-46(63)60(45(62)47(59)26-15-27-47)38-29-39(49(51,52)53)41(30-54)55-31-38)44-56-43(64-58-44)23-14-3-1-2-13-22-42(61)57-65-48(35-16-7-4-8-17-35,36-18-9-5-10-19-36)37-20-11-6-12-21-37/h4-12,16-21,24-25,28-29,31H,1-3,13-15,22-23,26-27,32H2,(H,57,61). The molecule has 1 aliphatic heterocycles. The molecule has 1 spiro atoms. The Morgan fingerprint density at radius 3 is 2.03 bits per heavy atom. The van der Waals surface area contributed by atoms with Gasteiger partial charge in [-0.25, -0.2) is 24.5 Å². The van der Waals surface area contributed by atoms with Gasteiger partial charge in [-0.05, 0) is 60.9 Å². The maximum atomic E-state index is 15.7. The van der Waals surface area contributed by atoms with Crippen molar-refractivity contribution in [3.63, 3.8) is 0 Å². The van der Waals surface area contributed by atoms with Gasteiger partial charge >= 0.3 is 12.2 Å². The third kappa shape index (κ3) is 8.97. The Bertz CT molecular complexity index is 2610. The highest BCUT2D eigenvalue weighted by molar-refractivity contribution is 6.23. The number of nitrogens with zero attached hydrogens (tertiary/aromatic N) is 6. The minimum absolute atomic E-state index is 0.0744. The molecule has 0 unspecified atom stereocenters. The quantitative estimate of drug-likeness (QED) is 0.0310. The van der Waals surface area contributed by atoms with Crippen LogP contribution in [0, 0.1) is 17.1 Å². The van der Waals surface area contributed by atoms with Crippen molar-refractivity contribution in [1.29, 1.82) is 5.26 Å². The van der Waals surface area contributed by atoms with Crippen LogP contribution in [0.2, 0.25) is 0 Å². The van der Waals surface area contributed by atoms with E-state index in [2.05, 4.69) is 20.6 Å². The minimum Gasteiger partial charge on any atom is -0.339 e. The number of nitrogens with one attached hydrogen (secondary N) is 1. The summed E-state index contributed by atoms with van der Waals surface area (Å²) in [5.74, 6) is -1.12. The normalized spacial score (nSPS) is 14.7. The number of hydrogen-bond acceptors (Lipinski definition) is 9. The number of carbonyl (C=O) groups is 3. The van der Waals surface area contributed by atoms with Crippen LogP contribution in [0.4, 0.5) is 28.0 Å². The number of anilines is 1. The lowest BCUT2D eigenvalue weighted by Crippen LogP contribution is -2.54. The number of halogens is 4. The van der Waals surface area contributed by atoms with E-state index in [-0.39, 0.29) is 43.1 Å². The molecular weight excluding hydrogens is 843 g/mol. The average molecular weight is 886 g/mol. The largest absolute Gasteiger partial charge is 0.419 e. The predicted octanol–water partition coefficient (Wildman–Crippen LogP) is 9.98. The molecule has 332 valence electrons. The van der Waals surface area contributed by atoms with E-state index in [4.69, 9.17) is 14.6 Å². The molecule has 1 saturated carbocycles. The molecule has 2 aliphatic rings. The van der Waals surface area contributed by atoms with Crippen LogP contribution in [0.1, 0.15) is 97.2 Å². The fourth-order valence-corrected chi connectivity index (χ4v) is 8.47. The summed E-state index contributed by atoms with van der Waals surface area (Å²) >= 11 is 0. The van der Waals surface area contributed by atoms with Crippen LogP contribution in [-0.4, -0.2) is 43.4 Å². The molecule has 0 atom stereocenters. The molecule has 2 fully saturated rings. The summed E-state index contributed by atoms with van der Waals surface area (Å²) in [6, 6.07) is 34.6. The molecule has 1 saturated heterocycles. The van der Waals surface area contributed by atoms with Crippen molar-refractivity contribution < 1.29 is 41.3 Å². The lowest BCUT2D eigenvalue weighted by atomic mass is 9.75. The summed E-state index contributed by atoms with van der Waals surface area (Å²) in [7, 11) is 0. The van der Waals surface area contributed by atoms with Gasteiger partial charge in [0.15, 0.2) is 11.3 Å². The Morgan fingerprint density at radius 2 is 1.46 bits per heavy atom. The van der Waals surface area contributed by atoms with Crippen LogP contribution in [0.5, 0.6) is 0 Å². The first-order valence-electron chi connectivity index (χ1n) is 21.3. The van der Waals surface area contributed by atoms with Crippen LogP contribution >= 0.6 is 0 Å². The van der Waals surface area contributed by atoms with Gasteiger partial charge in [-0.15, -0.1) is 0 Å². The van der Waals surface area contributed by atoms with Crippen LogP contribution in [0.25, 0.3) is 11.4 Å². The summed E-state index contributed by atoms with van der Waals surface area (Å²) in [4.78, 5) is 56.7. The smallest absolute Gasteiger partial charge is 0.339 e. The van der Waals surface area contributed by atoms with E-state index < -0.39 is 52.0 Å². The van der Waals surface area contributed by atoms with E-state index in [1.54, 1.807) is 6.07 Å². The molecule has 65 heavy (non-hydrogen) atoms. The van der Waals surface area contributed by atoms with Gasteiger partial charge in [0.25, 0.3) is 5.91 Å². The van der Waals surface area contributed by atoms with Crippen LogP contribution in [0.3, 0.4) is 0 Å². The Balaban J connectivity index is 0.819. The molecule has 1 N–H and O–H groups in total. The Hall–Kier alpha value is -7.25. The van der Waals surface area contributed by atoms with E-state index in [1.165, 1.54) is 23.1 Å². The molecule has 6 aromatic rings. The molecule has 16 heteroatoms. The van der Waals surface area contributed by atoms with Gasteiger partial charge in [0, 0.05) is 24.0 Å². The zero-order valence-corrected chi connectivity index (χ0v) is 35.1. The van der Waals surface area contributed by atoms with E-state index in [1.807, 2.05) is 91.0 Å². The number of hydrogen-bond donors (Lipinski definition) is 1. The lowest BCUT2D eigenvalue weighted by molar-refractivity contribution is -0.143. The van der Waals surface area contributed by atoms with Crippen molar-refractivity contribution >= 4 is 23.5 Å². The topological polar surface area (TPSA) is 155 Å². The summed E-state index contributed by atoms with van der Waals surface area (Å²) in [6.07, 6.45) is 1.73. The highest BCUT2D eigenvalue weighted by Crippen LogP contribution is 2.47. The third-order valence-corrected chi connectivity index (χ3v) is 12.0.